The lowest BCUT2D eigenvalue weighted by atomic mass is 9.83. The predicted molar refractivity (Wildman–Crippen MR) is 116 cm³/mol. The number of aromatic hydroxyl groups is 2. The van der Waals surface area contributed by atoms with Crippen LogP contribution in [0.3, 0.4) is 0 Å². The van der Waals surface area contributed by atoms with Gasteiger partial charge in [-0.25, -0.2) is 9.24 Å². The average Bonchev–Trinajstić information content (AvgIpc) is 3.38. The van der Waals surface area contributed by atoms with E-state index in [4.69, 9.17) is 16.0 Å². The summed E-state index contributed by atoms with van der Waals surface area (Å²) in [7, 11) is 0. The number of hydrogen-bond acceptors (Lipinski definition) is 4. The molecular formula is C25H18F4N2O4. The van der Waals surface area contributed by atoms with Gasteiger partial charge in [-0.1, -0.05) is 6.07 Å². The van der Waals surface area contributed by atoms with Gasteiger partial charge in [0.2, 0.25) is 11.8 Å². The quantitative estimate of drug-likeness (QED) is 0.261. The maximum absolute atomic E-state index is 13.5. The first-order valence-electron chi connectivity index (χ1n) is 10.5. The van der Waals surface area contributed by atoms with Crippen molar-refractivity contribution in [3.63, 3.8) is 0 Å². The molecule has 1 aromatic heterocycles. The lowest BCUT2D eigenvalue weighted by Crippen LogP contribution is -2.25. The minimum absolute atomic E-state index is 0.106. The molecule has 6 nitrogen and oxygen atoms in total. The second kappa shape index (κ2) is 7.52. The van der Waals surface area contributed by atoms with Crippen LogP contribution in [0.1, 0.15) is 30.0 Å². The zero-order valence-electron chi connectivity index (χ0n) is 18.2. The van der Waals surface area contributed by atoms with E-state index in [9.17, 15) is 27.8 Å². The number of rotatable bonds is 5. The van der Waals surface area contributed by atoms with Crippen LogP contribution in [0.2, 0.25) is 0 Å². The van der Waals surface area contributed by atoms with E-state index < -0.39 is 46.2 Å². The van der Waals surface area contributed by atoms with Crippen molar-refractivity contribution in [2.45, 2.75) is 30.7 Å². The van der Waals surface area contributed by atoms with Gasteiger partial charge in [-0.2, -0.15) is 13.2 Å². The van der Waals surface area contributed by atoms with Crippen molar-refractivity contribution in [2.24, 2.45) is 0 Å². The molecule has 0 amide bonds. The fourth-order valence-corrected chi connectivity index (χ4v) is 4.77. The third-order valence-corrected chi connectivity index (χ3v) is 6.33. The summed E-state index contributed by atoms with van der Waals surface area (Å²) in [5.41, 5.74) is -3.78. The number of alkyl halides is 3. The summed E-state index contributed by atoms with van der Waals surface area (Å²) in [5.74, 6) is -0.922. The molecule has 2 aromatic carbocycles. The zero-order valence-corrected chi connectivity index (χ0v) is 18.2. The molecule has 0 spiro atoms. The first kappa shape index (κ1) is 22.8. The number of nitrogens with zero attached hydrogens (tertiary/aromatic N) is 2. The SMILES string of the molecule is [C-]#[N+]c1ccc(-n2c(O)c3c(c2O)C2(CCOc4ccc(F)cc4)C=CC3(C)O2)cc1C(F)(F)F. The van der Waals surface area contributed by atoms with Gasteiger partial charge in [0.15, 0.2) is 5.69 Å². The van der Waals surface area contributed by atoms with Gasteiger partial charge in [0, 0.05) is 6.42 Å². The van der Waals surface area contributed by atoms with Gasteiger partial charge in [-0.15, -0.1) is 0 Å². The monoisotopic (exact) mass is 486 g/mol. The number of ether oxygens (including phenoxy) is 2. The highest BCUT2D eigenvalue weighted by molar-refractivity contribution is 5.66. The summed E-state index contributed by atoms with van der Waals surface area (Å²) in [5, 5.41) is 22.1. The second-order valence-electron chi connectivity index (χ2n) is 8.53. The van der Waals surface area contributed by atoms with Gasteiger partial charge in [0.1, 0.15) is 22.8 Å². The Morgan fingerprint density at radius 2 is 1.74 bits per heavy atom. The highest BCUT2D eigenvalue weighted by Gasteiger charge is 2.58. The average molecular weight is 486 g/mol. The Morgan fingerprint density at radius 1 is 1.06 bits per heavy atom. The van der Waals surface area contributed by atoms with E-state index in [1.54, 1.807) is 19.1 Å². The van der Waals surface area contributed by atoms with E-state index >= 15 is 0 Å². The van der Waals surface area contributed by atoms with Crippen LogP contribution in [-0.4, -0.2) is 21.4 Å². The molecule has 0 radical (unpaired) electrons. The Morgan fingerprint density at radius 3 is 2.40 bits per heavy atom. The number of halogens is 4. The third-order valence-electron chi connectivity index (χ3n) is 6.33. The second-order valence-corrected chi connectivity index (χ2v) is 8.53. The van der Waals surface area contributed by atoms with Crippen LogP contribution in [0.4, 0.5) is 23.2 Å². The zero-order chi connectivity index (χ0) is 25.2. The van der Waals surface area contributed by atoms with E-state index in [-0.39, 0.29) is 29.8 Å². The van der Waals surface area contributed by atoms with Crippen molar-refractivity contribution >= 4 is 5.69 Å². The minimum Gasteiger partial charge on any atom is -0.494 e. The highest BCUT2D eigenvalue weighted by Crippen LogP contribution is 2.62. The van der Waals surface area contributed by atoms with Crippen LogP contribution in [0.15, 0.2) is 54.6 Å². The van der Waals surface area contributed by atoms with Crippen LogP contribution in [0, 0.1) is 12.4 Å². The van der Waals surface area contributed by atoms with Crippen molar-refractivity contribution in [1.29, 1.82) is 0 Å². The van der Waals surface area contributed by atoms with E-state index in [0.717, 1.165) is 10.6 Å². The first-order valence-corrected chi connectivity index (χ1v) is 10.5. The summed E-state index contributed by atoms with van der Waals surface area (Å²) in [6.07, 6.45) is -1.17. The molecule has 3 heterocycles. The number of fused-ring (bicyclic) bond motifs is 5. The van der Waals surface area contributed by atoms with Crippen LogP contribution in [0.5, 0.6) is 17.5 Å². The summed E-state index contributed by atoms with van der Waals surface area (Å²) in [6, 6.07) is 8.36. The highest BCUT2D eigenvalue weighted by atomic mass is 19.4. The number of aromatic nitrogens is 1. The Bertz CT molecular complexity index is 1400. The maximum atomic E-state index is 13.5. The van der Waals surface area contributed by atoms with E-state index in [1.165, 1.54) is 30.3 Å². The van der Waals surface area contributed by atoms with E-state index in [1.807, 2.05) is 0 Å². The van der Waals surface area contributed by atoms with Gasteiger partial charge in [-0.05, 0) is 55.5 Å². The fourth-order valence-electron chi connectivity index (χ4n) is 4.77. The Labute approximate surface area is 197 Å². The smallest absolute Gasteiger partial charge is 0.407 e. The molecule has 2 aliphatic rings. The summed E-state index contributed by atoms with van der Waals surface area (Å²) < 4.78 is 66.4. The molecular weight excluding hydrogens is 468 g/mol. The van der Waals surface area contributed by atoms with Gasteiger partial charge in [0.05, 0.1) is 35.6 Å². The fraction of sp³-hybridized carbons (Fsp3) is 0.240. The lowest BCUT2D eigenvalue weighted by molar-refractivity contribution is -0.136. The van der Waals surface area contributed by atoms with E-state index in [0.29, 0.717) is 11.8 Å². The van der Waals surface area contributed by atoms with Crippen LogP contribution >= 0.6 is 0 Å². The van der Waals surface area contributed by atoms with Crippen LogP contribution in [0.25, 0.3) is 10.5 Å². The molecule has 35 heavy (non-hydrogen) atoms. The van der Waals surface area contributed by atoms with Crippen LogP contribution in [-0.2, 0) is 22.1 Å². The van der Waals surface area contributed by atoms with Crippen molar-refractivity contribution in [1.82, 2.24) is 4.57 Å². The van der Waals surface area contributed by atoms with Gasteiger partial charge in [0.25, 0.3) is 0 Å². The van der Waals surface area contributed by atoms with Crippen molar-refractivity contribution < 1.29 is 37.2 Å². The molecule has 2 bridgehead atoms. The van der Waals surface area contributed by atoms with Gasteiger partial charge in [-0.3, -0.25) is 4.57 Å². The molecule has 2 aliphatic heterocycles. The topological polar surface area (TPSA) is 68.2 Å². The molecule has 0 aliphatic carbocycles. The molecule has 2 atom stereocenters. The maximum Gasteiger partial charge on any atom is 0.407 e. The summed E-state index contributed by atoms with van der Waals surface area (Å²) in [4.78, 5) is 2.92. The van der Waals surface area contributed by atoms with Crippen molar-refractivity contribution in [2.75, 3.05) is 6.61 Å². The Kier molecular flexibility index (Phi) is 4.90. The predicted octanol–water partition coefficient (Wildman–Crippen LogP) is 6.08. The first-order chi connectivity index (χ1) is 16.5. The molecule has 0 fully saturated rings. The molecule has 2 N–H and O–H groups in total. The van der Waals surface area contributed by atoms with Crippen molar-refractivity contribution in [3.05, 3.63) is 88.5 Å². The largest absolute Gasteiger partial charge is 0.494 e. The molecule has 0 saturated heterocycles. The van der Waals surface area contributed by atoms with Gasteiger partial charge < -0.3 is 19.7 Å². The molecule has 0 saturated carbocycles. The molecule has 3 aromatic rings. The summed E-state index contributed by atoms with van der Waals surface area (Å²) >= 11 is 0. The Hall–Kier alpha value is -3.97. The normalized spacial score (nSPS) is 22.3. The molecule has 5 rings (SSSR count). The molecule has 180 valence electrons. The molecule has 10 heteroatoms. The summed E-state index contributed by atoms with van der Waals surface area (Å²) in [6.45, 7) is 8.79. The van der Waals surface area contributed by atoms with E-state index in [2.05, 4.69) is 4.85 Å². The number of hydrogen-bond donors (Lipinski definition) is 2. The van der Waals surface area contributed by atoms with Gasteiger partial charge >= 0.3 is 6.18 Å². The Balaban J connectivity index is 1.54. The van der Waals surface area contributed by atoms with Crippen LogP contribution < -0.4 is 4.74 Å². The molecule has 2 unspecified atom stereocenters. The number of benzene rings is 2. The van der Waals surface area contributed by atoms with Crippen molar-refractivity contribution in [3.8, 4) is 23.2 Å². The lowest BCUT2D eigenvalue weighted by Gasteiger charge is -2.25. The third kappa shape index (κ3) is 3.42. The standard InChI is InChI=1S/C25H18F4N2O4/c1-23-9-10-24(35-23,11-12-34-16-6-3-14(26)4-7-16)20-19(23)21(32)31(22(20)33)15-5-8-18(30-2)17(13-15)25(27,28)29/h3-10,13,32-33H,11-12H2,1H3. The minimum atomic E-state index is -4.80.